The largest absolute Gasteiger partial charge is 0.370 e. The zero-order chi connectivity index (χ0) is 19.7. The van der Waals surface area contributed by atoms with E-state index in [0.29, 0.717) is 34.4 Å². The van der Waals surface area contributed by atoms with Gasteiger partial charge in [-0.15, -0.1) is 0 Å². The predicted octanol–water partition coefficient (Wildman–Crippen LogP) is 4.70. The number of halogens is 2. The molecule has 0 radical (unpaired) electrons. The minimum absolute atomic E-state index is 0.0981. The minimum atomic E-state index is -0.0981. The lowest BCUT2D eigenvalue weighted by Gasteiger charge is -2.23. The van der Waals surface area contributed by atoms with Crippen LogP contribution in [0.3, 0.4) is 0 Å². The maximum Gasteiger partial charge on any atom is 0.271 e. The molecule has 28 heavy (non-hydrogen) atoms. The Morgan fingerprint density at radius 2 is 1.82 bits per heavy atom. The van der Waals surface area contributed by atoms with E-state index in [1.54, 1.807) is 12.1 Å². The van der Waals surface area contributed by atoms with Crippen molar-refractivity contribution in [1.29, 1.82) is 5.26 Å². The first-order valence-electron chi connectivity index (χ1n) is 9.08. The number of rotatable bonds is 2. The molecular weight excluding hydrogens is 395 g/mol. The fourth-order valence-electron chi connectivity index (χ4n) is 3.56. The van der Waals surface area contributed by atoms with Crippen LogP contribution in [0, 0.1) is 11.3 Å². The third kappa shape index (κ3) is 3.54. The van der Waals surface area contributed by atoms with E-state index in [1.807, 2.05) is 35.2 Å². The lowest BCUT2D eigenvalue weighted by molar-refractivity contribution is 0.0762. The number of aromatic amines is 1. The average molecular weight is 413 g/mol. The van der Waals surface area contributed by atoms with E-state index in [1.165, 1.54) is 0 Å². The summed E-state index contributed by atoms with van der Waals surface area (Å²) >= 11 is 12.5. The quantitative estimate of drug-likeness (QED) is 0.663. The van der Waals surface area contributed by atoms with Crippen LogP contribution < -0.4 is 4.90 Å². The summed E-state index contributed by atoms with van der Waals surface area (Å²) in [5, 5.41) is 10.7. The highest BCUT2D eigenvalue weighted by Gasteiger charge is 2.24. The SMILES string of the molecule is N#Cc1ccc(N2CCCN(C(=O)c3[nH]c4ccc(Cl)cc4c3Cl)CC2)cc1. The Bertz CT molecular complexity index is 1070. The van der Waals surface area contributed by atoms with Crippen molar-refractivity contribution in [1.82, 2.24) is 9.88 Å². The second-order valence-electron chi connectivity index (χ2n) is 6.80. The Hall–Kier alpha value is -2.68. The summed E-state index contributed by atoms with van der Waals surface area (Å²) in [6, 6.07) is 15.0. The van der Waals surface area contributed by atoms with Crippen LogP contribution in [-0.2, 0) is 0 Å². The van der Waals surface area contributed by atoms with E-state index < -0.39 is 0 Å². The number of H-pyrrole nitrogens is 1. The second kappa shape index (κ2) is 7.75. The molecule has 1 N–H and O–H groups in total. The van der Waals surface area contributed by atoms with Gasteiger partial charge in [0, 0.05) is 47.8 Å². The van der Waals surface area contributed by atoms with Gasteiger partial charge in [-0.2, -0.15) is 5.26 Å². The number of carbonyl (C=O) groups excluding carboxylic acids is 1. The summed E-state index contributed by atoms with van der Waals surface area (Å²) in [7, 11) is 0. The molecule has 142 valence electrons. The molecule has 0 spiro atoms. The summed E-state index contributed by atoms with van der Waals surface area (Å²) in [5.74, 6) is -0.0981. The Balaban J connectivity index is 1.52. The number of nitrogens with one attached hydrogen (secondary N) is 1. The first-order chi connectivity index (χ1) is 13.6. The van der Waals surface area contributed by atoms with Gasteiger partial charge in [-0.25, -0.2) is 0 Å². The van der Waals surface area contributed by atoms with Gasteiger partial charge in [-0.1, -0.05) is 23.2 Å². The lowest BCUT2D eigenvalue weighted by Crippen LogP contribution is -2.35. The van der Waals surface area contributed by atoms with Crippen LogP contribution in [0.4, 0.5) is 5.69 Å². The van der Waals surface area contributed by atoms with Crippen LogP contribution in [-0.4, -0.2) is 42.0 Å². The molecule has 5 nitrogen and oxygen atoms in total. The van der Waals surface area contributed by atoms with E-state index in [2.05, 4.69) is 16.0 Å². The van der Waals surface area contributed by atoms with Crippen LogP contribution >= 0.6 is 23.2 Å². The van der Waals surface area contributed by atoms with E-state index in [0.717, 1.165) is 36.1 Å². The molecule has 3 aromatic rings. The molecule has 1 aromatic heterocycles. The number of fused-ring (bicyclic) bond motifs is 1. The summed E-state index contributed by atoms with van der Waals surface area (Å²) in [5.41, 5.74) is 2.91. The van der Waals surface area contributed by atoms with Crippen molar-refractivity contribution >= 4 is 45.7 Å². The van der Waals surface area contributed by atoms with Crippen LogP contribution in [0.1, 0.15) is 22.5 Å². The Labute approximate surface area is 173 Å². The molecule has 0 aliphatic carbocycles. The summed E-state index contributed by atoms with van der Waals surface area (Å²) in [6.45, 7) is 2.84. The standard InChI is InChI=1S/C21H18Cl2N4O/c22-15-4-7-18-17(12-15)19(23)20(25-18)21(28)27-9-1-8-26(10-11-27)16-5-2-14(13-24)3-6-16/h2-7,12,25H,1,8-11H2. The van der Waals surface area contributed by atoms with Gasteiger partial charge < -0.3 is 14.8 Å². The zero-order valence-corrected chi connectivity index (χ0v) is 16.6. The number of hydrogen-bond acceptors (Lipinski definition) is 3. The third-order valence-electron chi connectivity index (χ3n) is 5.06. The first-order valence-corrected chi connectivity index (χ1v) is 9.83. The van der Waals surface area contributed by atoms with Crippen LogP contribution in [0.5, 0.6) is 0 Å². The highest BCUT2D eigenvalue weighted by Crippen LogP contribution is 2.30. The van der Waals surface area contributed by atoms with Crippen molar-refractivity contribution in [3.63, 3.8) is 0 Å². The summed E-state index contributed by atoms with van der Waals surface area (Å²) < 4.78 is 0. The number of hydrogen-bond donors (Lipinski definition) is 1. The average Bonchev–Trinajstić information content (AvgIpc) is 2.89. The molecule has 1 saturated heterocycles. The van der Waals surface area contributed by atoms with Gasteiger partial charge in [-0.05, 0) is 48.9 Å². The number of aromatic nitrogens is 1. The van der Waals surface area contributed by atoms with Gasteiger partial charge >= 0.3 is 0 Å². The fraction of sp³-hybridized carbons (Fsp3) is 0.238. The predicted molar refractivity (Wildman–Crippen MR) is 112 cm³/mol. The number of benzene rings is 2. The first kappa shape index (κ1) is 18.7. The van der Waals surface area contributed by atoms with Crippen molar-refractivity contribution in [2.45, 2.75) is 6.42 Å². The third-order valence-corrected chi connectivity index (χ3v) is 5.68. The molecule has 1 amide bonds. The molecule has 2 aromatic carbocycles. The number of nitriles is 1. The molecule has 0 unspecified atom stereocenters. The van der Waals surface area contributed by atoms with Gasteiger partial charge in [0.2, 0.25) is 0 Å². The molecular formula is C21H18Cl2N4O. The topological polar surface area (TPSA) is 63.1 Å². The van der Waals surface area contributed by atoms with Crippen molar-refractivity contribution in [2.75, 3.05) is 31.1 Å². The normalized spacial score (nSPS) is 14.8. The highest BCUT2D eigenvalue weighted by molar-refractivity contribution is 6.39. The van der Waals surface area contributed by atoms with Crippen molar-refractivity contribution in [3.8, 4) is 6.07 Å². The van der Waals surface area contributed by atoms with Gasteiger partial charge in [-0.3, -0.25) is 4.79 Å². The molecule has 4 rings (SSSR count). The molecule has 1 aliphatic rings. The molecule has 1 fully saturated rings. The van der Waals surface area contributed by atoms with Gasteiger partial charge in [0.15, 0.2) is 0 Å². The van der Waals surface area contributed by atoms with Gasteiger partial charge in [0.1, 0.15) is 5.69 Å². The fourth-order valence-corrected chi connectivity index (χ4v) is 4.02. The minimum Gasteiger partial charge on any atom is -0.370 e. The maximum absolute atomic E-state index is 13.1. The van der Waals surface area contributed by atoms with Gasteiger partial charge in [0.25, 0.3) is 5.91 Å². The number of nitrogens with zero attached hydrogens (tertiary/aromatic N) is 3. The van der Waals surface area contributed by atoms with Crippen LogP contribution in [0.25, 0.3) is 10.9 Å². The summed E-state index contributed by atoms with van der Waals surface area (Å²) in [4.78, 5) is 20.3. The maximum atomic E-state index is 13.1. The molecule has 2 heterocycles. The lowest BCUT2D eigenvalue weighted by atomic mass is 10.2. The number of amides is 1. The zero-order valence-electron chi connectivity index (χ0n) is 15.1. The molecule has 1 aliphatic heterocycles. The number of carbonyl (C=O) groups is 1. The van der Waals surface area contributed by atoms with Gasteiger partial charge in [0.05, 0.1) is 16.7 Å². The summed E-state index contributed by atoms with van der Waals surface area (Å²) in [6.07, 6.45) is 0.857. The van der Waals surface area contributed by atoms with E-state index in [-0.39, 0.29) is 5.91 Å². The van der Waals surface area contributed by atoms with E-state index in [4.69, 9.17) is 28.5 Å². The Morgan fingerprint density at radius 1 is 1.04 bits per heavy atom. The van der Waals surface area contributed by atoms with Crippen LogP contribution in [0.2, 0.25) is 10.0 Å². The van der Waals surface area contributed by atoms with E-state index in [9.17, 15) is 4.79 Å². The highest BCUT2D eigenvalue weighted by atomic mass is 35.5. The molecule has 0 saturated carbocycles. The molecule has 7 heteroatoms. The second-order valence-corrected chi connectivity index (χ2v) is 7.61. The van der Waals surface area contributed by atoms with Crippen molar-refractivity contribution in [3.05, 3.63) is 63.8 Å². The number of anilines is 1. The molecule has 0 bridgehead atoms. The van der Waals surface area contributed by atoms with Crippen molar-refractivity contribution < 1.29 is 4.79 Å². The monoisotopic (exact) mass is 412 g/mol. The smallest absolute Gasteiger partial charge is 0.271 e. The molecule has 0 atom stereocenters. The van der Waals surface area contributed by atoms with Crippen LogP contribution in [0.15, 0.2) is 42.5 Å². The Morgan fingerprint density at radius 3 is 2.57 bits per heavy atom. The Kier molecular flexibility index (Phi) is 5.17. The van der Waals surface area contributed by atoms with E-state index >= 15 is 0 Å². The van der Waals surface area contributed by atoms with Crippen molar-refractivity contribution in [2.24, 2.45) is 0 Å².